The van der Waals surface area contributed by atoms with Crippen molar-refractivity contribution in [3.05, 3.63) is 35.4 Å². The van der Waals surface area contributed by atoms with Gasteiger partial charge >= 0.3 is 0 Å². The van der Waals surface area contributed by atoms with Crippen LogP contribution in [0.5, 0.6) is 0 Å². The maximum Gasteiger partial charge on any atom is 0.128 e. The summed E-state index contributed by atoms with van der Waals surface area (Å²) >= 11 is -2.25. The van der Waals surface area contributed by atoms with Crippen molar-refractivity contribution < 1.29 is 17.5 Å². The summed E-state index contributed by atoms with van der Waals surface area (Å²) in [7, 11) is 0. The van der Waals surface area contributed by atoms with Gasteiger partial charge in [-0.3, -0.25) is 9.11 Å². The zero-order valence-electron chi connectivity index (χ0n) is 9.94. The summed E-state index contributed by atoms with van der Waals surface area (Å²) in [6.45, 7) is 2.13. The standard InChI is InChI=1S/C12H15F2NO2S/c1-8(18(16)17)15-6-2-3-12(15)10-7-9(13)4-5-11(10)14/h4-5,7-8,12H,2-3,6H2,1H3,(H,16,17)/p-1/t8?,12-/m1/s1. The minimum Gasteiger partial charge on any atom is -0.771 e. The summed E-state index contributed by atoms with van der Waals surface area (Å²) in [6.07, 6.45) is 1.42. The van der Waals surface area contributed by atoms with Crippen LogP contribution in [0.2, 0.25) is 0 Å². The van der Waals surface area contributed by atoms with Crippen LogP contribution in [0, 0.1) is 11.6 Å². The average molecular weight is 274 g/mol. The fourth-order valence-electron chi connectivity index (χ4n) is 2.44. The molecule has 18 heavy (non-hydrogen) atoms. The number of rotatable bonds is 3. The maximum absolute atomic E-state index is 13.7. The van der Waals surface area contributed by atoms with E-state index < -0.39 is 28.1 Å². The van der Waals surface area contributed by atoms with Crippen molar-refractivity contribution in [1.82, 2.24) is 4.90 Å². The Labute approximate surface area is 107 Å². The van der Waals surface area contributed by atoms with E-state index in [1.165, 1.54) is 0 Å². The van der Waals surface area contributed by atoms with Gasteiger partial charge in [0.2, 0.25) is 0 Å². The fraction of sp³-hybridized carbons (Fsp3) is 0.500. The molecule has 0 aromatic heterocycles. The van der Waals surface area contributed by atoms with Gasteiger partial charge in [-0.2, -0.15) is 0 Å². The molecule has 0 radical (unpaired) electrons. The summed E-state index contributed by atoms with van der Waals surface area (Å²) in [4.78, 5) is 1.70. The molecular formula is C12H14F2NO2S-. The molecule has 1 aliphatic rings. The smallest absolute Gasteiger partial charge is 0.128 e. The lowest BCUT2D eigenvalue weighted by Gasteiger charge is -2.32. The molecule has 1 saturated heterocycles. The predicted molar refractivity (Wildman–Crippen MR) is 63.4 cm³/mol. The Morgan fingerprint density at radius 3 is 2.89 bits per heavy atom. The van der Waals surface area contributed by atoms with E-state index in [0.717, 1.165) is 24.6 Å². The third-order valence-corrected chi connectivity index (χ3v) is 4.18. The fourth-order valence-corrected chi connectivity index (χ4v) is 2.91. The number of likely N-dealkylation sites (tertiary alicyclic amines) is 1. The Morgan fingerprint density at radius 2 is 2.22 bits per heavy atom. The molecule has 3 nitrogen and oxygen atoms in total. The zero-order valence-corrected chi connectivity index (χ0v) is 10.8. The van der Waals surface area contributed by atoms with Crippen molar-refractivity contribution in [2.75, 3.05) is 6.54 Å². The highest BCUT2D eigenvalue weighted by Crippen LogP contribution is 2.35. The van der Waals surface area contributed by atoms with Gasteiger partial charge < -0.3 is 4.55 Å². The first-order valence-corrected chi connectivity index (χ1v) is 6.93. The Hall–Kier alpha value is -0.850. The average Bonchev–Trinajstić information content (AvgIpc) is 2.80. The highest BCUT2D eigenvalue weighted by atomic mass is 32.2. The van der Waals surface area contributed by atoms with Crippen LogP contribution in [0.4, 0.5) is 8.78 Å². The molecule has 2 rings (SSSR count). The molecule has 0 saturated carbocycles. The lowest BCUT2D eigenvalue weighted by Crippen LogP contribution is -2.35. The molecule has 1 heterocycles. The van der Waals surface area contributed by atoms with Gasteiger partial charge in [-0.15, -0.1) is 0 Å². The zero-order chi connectivity index (χ0) is 13.3. The molecule has 2 unspecified atom stereocenters. The Balaban J connectivity index is 2.31. The molecule has 0 bridgehead atoms. The first kappa shape index (κ1) is 13.6. The quantitative estimate of drug-likeness (QED) is 0.794. The minimum absolute atomic E-state index is 0.241. The van der Waals surface area contributed by atoms with Gasteiger partial charge in [0.15, 0.2) is 0 Å². The van der Waals surface area contributed by atoms with E-state index in [1.807, 2.05) is 0 Å². The van der Waals surface area contributed by atoms with Crippen molar-refractivity contribution in [3.63, 3.8) is 0 Å². The molecule has 1 fully saturated rings. The minimum atomic E-state index is -2.25. The van der Waals surface area contributed by atoms with Crippen molar-refractivity contribution >= 4 is 11.1 Å². The van der Waals surface area contributed by atoms with Crippen LogP contribution in [0.3, 0.4) is 0 Å². The Morgan fingerprint density at radius 1 is 1.50 bits per heavy atom. The molecular weight excluding hydrogens is 260 g/mol. The molecule has 3 atom stereocenters. The SMILES string of the molecule is CC(N1CCC[C@@H]1c1cc(F)ccc1F)S(=O)[O-]. The third-order valence-electron chi connectivity index (χ3n) is 3.36. The number of halogens is 2. The number of hydrogen-bond acceptors (Lipinski definition) is 3. The molecule has 1 aromatic rings. The van der Waals surface area contributed by atoms with Crippen LogP contribution in [-0.2, 0) is 11.1 Å². The first-order valence-electron chi connectivity index (χ1n) is 5.79. The van der Waals surface area contributed by atoms with Gasteiger partial charge in [0, 0.05) is 11.6 Å². The molecule has 100 valence electrons. The van der Waals surface area contributed by atoms with Crippen LogP contribution in [0.25, 0.3) is 0 Å². The highest BCUT2D eigenvalue weighted by molar-refractivity contribution is 7.79. The van der Waals surface area contributed by atoms with Crippen molar-refractivity contribution in [1.29, 1.82) is 0 Å². The van der Waals surface area contributed by atoms with Crippen molar-refractivity contribution in [2.24, 2.45) is 0 Å². The summed E-state index contributed by atoms with van der Waals surface area (Å²) in [6, 6.07) is 2.93. The molecule has 6 heteroatoms. The summed E-state index contributed by atoms with van der Waals surface area (Å²) in [5.41, 5.74) is 0.241. The summed E-state index contributed by atoms with van der Waals surface area (Å²) in [5, 5.41) is -0.694. The van der Waals surface area contributed by atoms with Gasteiger partial charge in [-0.25, -0.2) is 8.78 Å². The van der Waals surface area contributed by atoms with Crippen LogP contribution < -0.4 is 0 Å². The van der Waals surface area contributed by atoms with Gasteiger partial charge in [0.05, 0.1) is 5.37 Å². The third kappa shape index (κ3) is 2.60. The van der Waals surface area contributed by atoms with E-state index in [4.69, 9.17) is 0 Å². The highest BCUT2D eigenvalue weighted by Gasteiger charge is 2.31. The number of hydrogen-bond donors (Lipinski definition) is 0. The van der Waals surface area contributed by atoms with E-state index in [2.05, 4.69) is 0 Å². The Kier molecular flexibility index (Phi) is 4.09. The van der Waals surface area contributed by atoms with Crippen molar-refractivity contribution in [3.8, 4) is 0 Å². The molecule has 0 aliphatic carbocycles. The maximum atomic E-state index is 13.7. The van der Waals surface area contributed by atoms with Crippen LogP contribution >= 0.6 is 0 Å². The number of benzene rings is 1. The van der Waals surface area contributed by atoms with Gasteiger partial charge in [0.25, 0.3) is 0 Å². The van der Waals surface area contributed by atoms with Gasteiger partial charge in [0.1, 0.15) is 11.6 Å². The second kappa shape index (κ2) is 5.42. The summed E-state index contributed by atoms with van der Waals surface area (Å²) in [5.74, 6) is -0.994. The second-order valence-corrected chi connectivity index (χ2v) is 5.62. The molecule has 0 N–H and O–H groups in total. The van der Waals surface area contributed by atoms with E-state index in [1.54, 1.807) is 11.8 Å². The topological polar surface area (TPSA) is 43.4 Å². The van der Waals surface area contributed by atoms with Crippen molar-refractivity contribution in [2.45, 2.75) is 31.2 Å². The van der Waals surface area contributed by atoms with E-state index in [-0.39, 0.29) is 11.6 Å². The lowest BCUT2D eigenvalue weighted by atomic mass is 10.0. The van der Waals surface area contributed by atoms with Gasteiger partial charge in [-0.05, 0) is 55.6 Å². The lowest BCUT2D eigenvalue weighted by molar-refractivity contribution is 0.233. The molecule has 0 amide bonds. The second-order valence-electron chi connectivity index (χ2n) is 4.42. The predicted octanol–water partition coefficient (Wildman–Crippen LogP) is 2.33. The van der Waals surface area contributed by atoms with Crippen LogP contribution in [0.1, 0.15) is 31.4 Å². The van der Waals surface area contributed by atoms with Crippen LogP contribution in [0.15, 0.2) is 18.2 Å². The van der Waals surface area contributed by atoms with E-state index in [9.17, 15) is 17.5 Å². The van der Waals surface area contributed by atoms with Crippen LogP contribution in [-0.4, -0.2) is 25.6 Å². The van der Waals surface area contributed by atoms with E-state index in [0.29, 0.717) is 13.0 Å². The molecule has 0 spiro atoms. The molecule has 1 aromatic carbocycles. The Bertz CT molecular complexity index is 469. The normalized spacial score (nSPS) is 24.1. The first-order chi connectivity index (χ1) is 8.50. The monoisotopic (exact) mass is 274 g/mol. The van der Waals surface area contributed by atoms with E-state index >= 15 is 0 Å². The summed E-state index contributed by atoms with van der Waals surface area (Å²) < 4.78 is 48.9. The molecule has 1 aliphatic heterocycles. The largest absolute Gasteiger partial charge is 0.771 e. The number of nitrogens with zero attached hydrogens (tertiary/aromatic N) is 1. The van der Waals surface area contributed by atoms with Gasteiger partial charge in [-0.1, -0.05) is 0 Å².